The summed E-state index contributed by atoms with van der Waals surface area (Å²) >= 11 is 0. The fraction of sp³-hybridized carbons (Fsp3) is 0.833. The maximum Gasteiger partial charge on any atom is 0.328 e. The standard InChI is InChI=1S/C6H12N2O2/c1-2-10-5(9)6(3-7)4-8-6/h8H,2-4,7H2,1H3. The zero-order chi connectivity index (χ0) is 7.61. The van der Waals surface area contributed by atoms with Crippen LogP contribution in [0, 0.1) is 0 Å². The van der Waals surface area contributed by atoms with Gasteiger partial charge in [-0.25, -0.2) is 4.79 Å². The van der Waals surface area contributed by atoms with Crippen molar-refractivity contribution in [2.24, 2.45) is 5.73 Å². The van der Waals surface area contributed by atoms with Gasteiger partial charge in [-0.2, -0.15) is 0 Å². The van der Waals surface area contributed by atoms with Gasteiger partial charge in [0.05, 0.1) is 6.61 Å². The first-order valence-corrected chi connectivity index (χ1v) is 3.37. The molecule has 3 N–H and O–H groups in total. The highest BCUT2D eigenvalue weighted by molar-refractivity contribution is 5.85. The summed E-state index contributed by atoms with van der Waals surface area (Å²) in [5.41, 5.74) is 4.80. The summed E-state index contributed by atoms with van der Waals surface area (Å²) in [6.45, 7) is 3.18. The minimum atomic E-state index is -0.532. The predicted octanol–water partition coefficient (Wildman–Crippen LogP) is -1.15. The van der Waals surface area contributed by atoms with Crippen LogP contribution in [0.3, 0.4) is 0 Å². The minimum absolute atomic E-state index is 0.225. The fourth-order valence-electron chi connectivity index (χ4n) is 0.748. The molecule has 0 aromatic carbocycles. The number of hydrogen-bond donors (Lipinski definition) is 2. The molecule has 4 heteroatoms. The van der Waals surface area contributed by atoms with Gasteiger partial charge in [0.15, 0.2) is 0 Å². The lowest BCUT2D eigenvalue weighted by atomic mass is 10.2. The van der Waals surface area contributed by atoms with E-state index in [9.17, 15) is 4.79 Å². The molecular formula is C6H12N2O2. The van der Waals surface area contributed by atoms with E-state index < -0.39 is 5.54 Å². The van der Waals surface area contributed by atoms with Crippen molar-refractivity contribution >= 4 is 5.97 Å². The number of carbonyl (C=O) groups excluding carboxylic acids is 1. The van der Waals surface area contributed by atoms with Gasteiger partial charge >= 0.3 is 5.97 Å². The monoisotopic (exact) mass is 144 g/mol. The van der Waals surface area contributed by atoms with Crippen LogP contribution in [0.25, 0.3) is 0 Å². The third-order valence-electron chi connectivity index (χ3n) is 1.62. The molecule has 1 aliphatic rings. The number of nitrogens with two attached hydrogens (primary N) is 1. The molecule has 1 unspecified atom stereocenters. The van der Waals surface area contributed by atoms with Gasteiger partial charge in [0.2, 0.25) is 0 Å². The zero-order valence-electron chi connectivity index (χ0n) is 6.02. The summed E-state index contributed by atoms with van der Waals surface area (Å²) < 4.78 is 4.78. The third kappa shape index (κ3) is 1.12. The molecule has 58 valence electrons. The molecule has 4 nitrogen and oxygen atoms in total. The number of ether oxygens (including phenoxy) is 1. The molecular weight excluding hydrogens is 132 g/mol. The van der Waals surface area contributed by atoms with E-state index in [1.54, 1.807) is 6.92 Å². The highest BCUT2D eigenvalue weighted by atomic mass is 16.5. The van der Waals surface area contributed by atoms with Gasteiger partial charge in [0.25, 0.3) is 0 Å². The molecule has 0 spiro atoms. The van der Waals surface area contributed by atoms with Crippen LogP contribution in [0.4, 0.5) is 0 Å². The SMILES string of the molecule is CCOC(=O)C1(CN)CN1. The molecule has 0 saturated carbocycles. The van der Waals surface area contributed by atoms with Crippen LogP contribution in [0.5, 0.6) is 0 Å². The van der Waals surface area contributed by atoms with E-state index in [0.717, 1.165) is 0 Å². The Labute approximate surface area is 59.7 Å². The smallest absolute Gasteiger partial charge is 0.328 e. The first kappa shape index (κ1) is 7.50. The summed E-state index contributed by atoms with van der Waals surface area (Å²) in [4.78, 5) is 11.0. The maximum atomic E-state index is 11.0. The van der Waals surface area contributed by atoms with Crippen LogP contribution in [-0.2, 0) is 9.53 Å². The summed E-state index contributed by atoms with van der Waals surface area (Å²) in [7, 11) is 0. The van der Waals surface area contributed by atoms with Crippen molar-refractivity contribution in [2.75, 3.05) is 19.7 Å². The van der Waals surface area contributed by atoms with E-state index in [4.69, 9.17) is 10.5 Å². The summed E-state index contributed by atoms with van der Waals surface area (Å²) in [6, 6.07) is 0. The molecule has 0 aromatic heterocycles. The van der Waals surface area contributed by atoms with E-state index in [2.05, 4.69) is 5.32 Å². The first-order chi connectivity index (χ1) is 4.75. The van der Waals surface area contributed by atoms with Crippen molar-refractivity contribution < 1.29 is 9.53 Å². The lowest BCUT2D eigenvalue weighted by molar-refractivity contribution is -0.145. The molecule has 0 aromatic rings. The van der Waals surface area contributed by atoms with Crippen molar-refractivity contribution in [3.63, 3.8) is 0 Å². The Morgan fingerprint density at radius 1 is 1.90 bits per heavy atom. The third-order valence-corrected chi connectivity index (χ3v) is 1.62. The second-order valence-electron chi connectivity index (χ2n) is 2.36. The topological polar surface area (TPSA) is 74.3 Å². The molecule has 0 bridgehead atoms. The first-order valence-electron chi connectivity index (χ1n) is 3.37. The molecule has 10 heavy (non-hydrogen) atoms. The predicted molar refractivity (Wildman–Crippen MR) is 36.4 cm³/mol. The number of hydrogen-bond acceptors (Lipinski definition) is 4. The van der Waals surface area contributed by atoms with Crippen molar-refractivity contribution in [1.82, 2.24) is 5.32 Å². The highest BCUT2D eigenvalue weighted by Crippen LogP contribution is 2.16. The number of carbonyl (C=O) groups is 1. The van der Waals surface area contributed by atoms with Gasteiger partial charge in [-0.3, -0.25) is 5.32 Å². The van der Waals surface area contributed by atoms with Crippen LogP contribution in [-0.4, -0.2) is 31.2 Å². The normalized spacial score (nSPS) is 29.8. The number of esters is 1. The highest BCUT2D eigenvalue weighted by Gasteiger charge is 2.49. The van der Waals surface area contributed by atoms with Crippen LogP contribution >= 0.6 is 0 Å². The summed E-state index contributed by atoms with van der Waals surface area (Å²) in [6.07, 6.45) is 0. The molecule has 0 radical (unpaired) electrons. The van der Waals surface area contributed by atoms with Crippen LogP contribution < -0.4 is 11.1 Å². The Morgan fingerprint density at radius 3 is 2.80 bits per heavy atom. The Bertz CT molecular complexity index is 143. The lowest BCUT2D eigenvalue weighted by Crippen LogP contribution is -2.37. The maximum absolute atomic E-state index is 11.0. The van der Waals surface area contributed by atoms with Crippen molar-refractivity contribution in [2.45, 2.75) is 12.5 Å². The second-order valence-corrected chi connectivity index (χ2v) is 2.36. The lowest BCUT2D eigenvalue weighted by Gasteiger charge is -2.07. The van der Waals surface area contributed by atoms with Crippen LogP contribution in [0.15, 0.2) is 0 Å². The average molecular weight is 144 g/mol. The van der Waals surface area contributed by atoms with Gasteiger partial charge in [0, 0.05) is 13.1 Å². The van der Waals surface area contributed by atoms with E-state index >= 15 is 0 Å². The van der Waals surface area contributed by atoms with Gasteiger partial charge in [0.1, 0.15) is 5.54 Å². The van der Waals surface area contributed by atoms with Gasteiger partial charge in [-0.05, 0) is 6.92 Å². The Morgan fingerprint density at radius 2 is 2.50 bits per heavy atom. The molecule has 0 aliphatic carbocycles. The van der Waals surface area contributed by atoms with Gasteiger partial charge in [-0.1, -0.05) is 0 Å². The number of nitrogens with one attached hydrogen (secondary N) is 1. The molecule has 1 atom stereocenters. The van der Waals surface area contributed by atoms with E-state index in [-0.39, 0.29) is 5.97 Å². The Balaban J connectivity index is 2.40. The minimum Gasteiger partial charge on any atom is -0.465 e. The van der Waals surface area contributed by atoms with E-state index in [1.165, 1.54) is 0 Å². The molecule has 1 fully saturated rings. The number of rotatable bonds is 3. The van der Waals surface area contributed by atoms with Crippen molar-refractivity contribution in [1.29, 1.82) is 0 Å². The Kier molecular flexibility index (Phi) is 1.92. The molecule has 0 amide bonds. The van der Waals surface area contributed by atoms with E-state index in [1.807, 2.05) is 0 Å². The summed E-state index contributed by atoms with van der Waals surface area (Å²) in [5.74, 6) is -0.225. The van der Waals surface area contributed by atoms with E-state index in [0.29, 0.717) is 19.7 Å². The molecule has 1 heterocycles. The van der Waals surface area contributed by atoms with Crippen molar-refractivity contribution in [3.8, 4) is 0 Å². The molecule has 1 saturated heterocycles. The zero-order valence-corrected chi connectivity index (χ0v) is 6.02. The van der Waals surface area contributed by atoms with Crippen LogP contribution in [0.1, 0.15) is 6.92 Å². The van der Waals surface area contributed by atoms with Crippen LogP contribution in [0.2, 0.25) is 0 Å². The fourth-order valence-corrected chi connectivity index (χ4v) is 0.748. The van der Waals surface area contributed by atoms with Gasteiger partial charge in [-0.15, -0.1) is 0 Å². The quantitative estimate of drug-likeness (QED) is 0.387. The van der Waals surface area contributed by atoms with Gasteiger partial charge < -0.3 is 10.5 Å². The average Bonchev–Trinajstić information content (AvgIpc) is 2.68. The van der Waals surface area contributed by atoms with Crippen molar-refractivity contribution in [3.05, 3.63) is 0 Å². The molecule has 1 aliphatic heterocycles. The molecule has 1 rings (SSSR count). The Hall–Kier alpha value is -0.610. The second kappa shape index (κ2) is 2.56. The summed E-state index contributed by atoms with van der Waals surface area (Å²) in [5, 5.41) is 2.88. The largest absolute Gasteiger partial charge is 0.465 e.